The van der Waals surface area contributed by atoms with Crippen LogP contribution in [0.25, 0.3) is 0 Å². The van der Waals surface area contributed by atoms with Crippen molar-refractivity contribution >= 4 is 17.5 Å². The quantitative estimate of drug-likeness (QED) is 0.556. The van der Waals surface area contributed by atoms with E-state index in [2.05, 4.69) is 9.97 Å². The Morgan fingerprint density at radius 3 is 2.49 bits per heavy atom. The first kappa shape index (κ1) is 23.0. The van der Waals surface area contributed by atoms with Gasteiger partial charge in [0.25, 0.3) is 5.91 Å². The fourth-order valence-corrected chi connectivity index (χ4v) is 5.01. The van der Waals surface area contributed by atoms with E-state index in [-0.39, 0.29) is 29.5 Å². The number of piperidine rings is 1. The Morgan fingerprint density at radius 1 is 1.03 bits per heavy atom. The second-order valence-electron chi connectivity index (χ2n) is 9.03. The third-order valence-corrected chi connectivity index (χ3v) is 6.72. The number of hydrogen-bond acceptors (Lipinski definition) is 6. The first-order valence-electron chi connectivity index (χ1n) is 11.9. The van der Waals surface area contributed by atoms with Gasteiger partial charge in [0.1, 0.15) is 5.75 Å². The van der Waals surface area contributed by atoms with E-state index in [0.29, 0.717) is 31.0 Å². The van der Waals surface area contributed by atoms with Crippen LogP contribution in [0.1, 0.15) is 36.5 Å². The van der Waals surface area contributed by atoms with Crippen molar-refractivity contribution in [2.24, 2.45) is 0 Å². The highest BCUT2D eigenvalue weighted by Crippen LogP contribution is 2.39. The van der Waals surface area contributed by atoms with Crippen molar-refractivity contribution in [3.63, 3.8) is 0 Å². The lowest BCUT2D eigenvalue weighted by molar-refractivity contribution is -0.117. The lowest BCUT2D eigenvalue weighted by Crippen LogP contribution is -2.47. The second-order valence-corrected chi connectivity index (χ2v) is 9.03. The third-order valence-electron chi connectivity index (χ3n) is 6.72. The summed E-state index contributed by atoms with van der Waals surface area (Å²) < 4.78 is 12.0. The van der Waals surface area contributed by atoms with Gasteiger partial charge in [0, 0.05) is 43.7 Å². The minimum Gasteiger partial charge on any atom is -0.424 e. The molecule has 0 radical (unpaired) electrons. The zero-order chi connectivity index (χ0) is 24.3. The van der Waals surface area contributed by atoms with Crippen LogP contribution in [0.15, 0.2) is 73.1 Å². The van der Waals surface area contributed by atoms with Gasteiger partial charge < -0.3 is 19.3 Å². The molecular formula is C27H28N4O4. The van der Waals surface area contributed by atoms with Crippen LogP contribution in [0, 0.1) is 0 Å². The molecular weight excluding hydrogens is 444 g/mol. The van der Waals surface area contributed by atoms with Gasteiger partial charge in [-0.1, -0.05) is 24.3 Å². The molecule has 8 heteroatoms. The van der Waals surface area contributed by atoms with E-state index in [4.69, 9.17) is 9.47 Å². The summed E-state index contributed by atoms with van der Waals surface area (Å²) >= 11 is 0. The second kappa shape index (κ2) is 9.84. The number of anilines is 1. The maximum Gasteiger partial charge on any atom is 0.321 e. The maximum atomic E-state index is 13.2. The van der Waals surface area contributed by atoms with Gasteiger partial charge in [-0.15, -0.1) is 0 Å². The molecule has 8 nitrogen and oxygen atoms in total. The monoisotopic (exact) mass is 472 g/mol. The molecule has 3 aromatic rings. The molecule has 1 spiro atoms. The van der Waals surface area contributed by atoms with Crippen molar-refractivity contribution in [2.75, 3.05) is 24.6 Å². The van der Waals surface area contributed by atoms with Crippen LogP contribution in [-0.4, -0.2) is 58.0 Å². The lowest BCUT2D eigenvalue weighted by atomic mass is 9.86. The predicted octanol–water partition coefficient (Wildman–Crippen LogP) is 4.09. The lowest BCUT2D eigenvalue weighted by Gasteiger charge is -2.39. The van der Waals surface area contributed by atoms with E-state index in [1.54, 1.807) is 49.6 Å². The van der Waals surface area contributed by atoms with Gasteiger partial charge in [0.2, 0.25) is 5.91 Å². The Hall–Kier alpha value is -3.78. The minimum atomic E-state index is -0.306. The van der Waals surface area contributed by atoms with Gasteiger partial charge in [-0.25, -0.2) is 9.97 Å². The molecule has 1 atom stereocenters. The number of nitrogens with zero attached hydrogens (tertiary/aromatic N) is 4. The SMILES string of the molecule is CC(=O)N(c1ccccc1)[C@H]1COC2(CCN(C(=O)c3cccc(Oc4ncccn4)c3)CC2)C1. The van der Waals surface area contributed by atoms with Crippen LogP contribution in [0.3, 0.4) is 0 Å². The van der Waals surface area contributed by atoms with Crippen molar-refractivity contribution < 1.29 is 19.1 Å². The third kappa shape index (κ3) is 5.02. The molecule has 3 heterocycles. The van der Waals surface area contributed by atoms with E-state index in [9.17, 15) is 9.59 Å². The summed E-state index contributed by atoms with van der Waals surface area (Å²) in [5, 5.41) is 0. The Kier molecular flexibility index (Phi) is 6.46. The number of amides is 2. The topological polar surface area (TPSA) is 84.9 Å². The summed E-state index contributed by atoms with van der Waals surface area (Å²) in [6, 6.07) is 18.7. The van der Waals surface area contributed by atoms with Crippen molar-refractivity contribution in [1.82, 2.24) is 14.9 Å². The molecule has 2 aliphatic rings. The number of carbonyl (C=O) groups is 2. The Bertz CT molecular complexity index is 1180. The molecule has 0 unspecified atom stereocenters. The number of para-hydroxylation sites is 1. The molecule has 0 N–H and O–H groups in total. The first-order chi connectivity index (χ1) is 17.0. The van der Waals surface area contributed by atoms with Gasteiger partial charge in [-0.05, 0) is 55.7 Å². The number of ether oxygens (including phenoxy) is 2. The van der Waals surface area contributed by atoms with Crippen LogP contribution in [0.2, 0.25) is 0 Å². The van der Waals surface area contributed by atoms with Gasteiger partial charge in [-0.3, -0.25) is 9.59 Å². The summed E-state index contributed by atoms with van der Waals surface area (Å²) in [6.45, 7) is 3.30. The Morgan fingerprint density at radius 2 is 1.77 bits per heavy atom. The standard InChI is InChI=1S/C27H28N4O4/c1-20(32)31(22-8-3-2-4-9-22)23-18-27(34-19-23)11-15-30(16-12-27)25(33)21-7-5-10-24(17-21)35-26-28-13-6-14-29-26/h2-10,13-14,17,23H,11-12,15-16,18-19H2,1H3/t23-/m1/s1. The highest BCUT2D eigenvalue weighted by atomic mass is 16.5. The average molecular weight is 473 g/mol. The van der Waals surface area contributed by atoms with Gasteiger partial charge in [0.05, 0.1) is 18.2 Å². The normalized spacial score (nSPS) is 18.9. The highest BCUT2D eigenvalue weighted by Gasteiger charge is 2.46. The molecule has 2 fully saturated rings. The summed E-state index contributed by atoms with van der Waals surface area (Å²) in [4.78, 5) is 37.5. The van der Waals surface area contributed by atoms with Crippen molar-refractivity contribution in [1.29, 1.82) is 0 Å². The van der Waals surface area contributed by atoms with Gasteiger partial charge >= 0.3 is 6.01 Å². The van der Waals surface area contributed by atoms with Crippen LogP contribution >= 0.6 is 0 Å². The van der Waals surface area contributed by atoms with Gasteiger partial charge in [-0.2, -0.15) is 0 Å². The zero-order valence-electron chi connectivity index (χ0n) is 19.7. The smallest absolute Gasteiger partial charge is 0.321 e. The molecule has 2 saturated heterocycles. The molecule has 0 bridgehead atoms. The van der Waals surface area contributed by atoms with E-state index in [1.165, 1.54) is 0 Å². The van der Waals surface area contributed by atoms with Crippen molar-refractivity contribution in [3.8, 4) is 11.8 Å². The molecule has 5 rings (SSSR count). The number of hydrogen-bond donors (Lipinski definition) is 0. The van der Waals surface area contributed by atoms with Crippen LogP contribution in [0.4, 0.5) is 5.69 Å². The molecule has 2 aliphatic heterocycles. The van der Waals surface area contributed by atoms with E-state index < -0.39 is 0 Å². The van der Waals surface area contributed by atoms with Crippen LogP contribution in [-0.2, 0) is 9.53 Å². The number of likely N-dealkylation sites (tertiary alicyclic amines) is 1. The van der Waals surface area contributed by atoms with Gasteiger partial charge in [0.15, 0.2) is 0 Å². The molecule has 0 saturated carbocycles. The highest BCUT2D eigenvalue weighted by molar-refractivity contribution is 5.94. The fourth-order valence-electron chi connectivity index (χ4n) is 5.01. The molecule has 2 aromatic carbocycles. The largest absolute Gasteiger partial charge is 0.424 e. The van der Waals surface area contributed by atoms with Crippen LogP contribution < -0.4 is 9.64 Å². The zero-order valence-corrected chi connectivity index (χ0v) is 19.7. The summed E-state index contributed by atoms with van der Waals surface area (Å²) in [6.07, 6.45) is 5.45. The Labute approximate surface area is 204 Å². The predicted molar refractivity (Wildman–Crippen MR) is 130 cm³/mol. The molecule has 180 valence electrons. The fraction of sp³-hybridized carbons (Fsp3) is 0.333. The van der Waals surface area contributed by atoms with E-state index in [0.717, 1.165) is 24.9 Å². The van der Waals surface area contributed by atoms with E-state index >= 15 is 0 Å². The Balaban J connectivity index is 1.22. The van der Waals surface area contributed by atoms with E-state index in [1.807, 2.05) is 40.1 Å². The maximum absolute atomic E-state index is 13.2. The molecule has 0 aliphatic carbocycles. The first-order valence-corrected chi connectivity index (χ1v) is 11.9. The summed E-state index contributed by atoms with van der Waals surface area (Å²) in [5.74, 6) is 0.490. The van der Waals surface area contributed by atoms with Crippen molar-refractivity contribution in [2.45, 2.75) is 37.8 Å². The number of rotatable bonds is 5. The minimum absolute atomic E-state index is 0.00816. The number of benzene rings is 2. The number of carbonyl (C=O) groups excluding carboxylic acids is 2. The van der Waals surface area contributed by atoms with Crippen LogP contribution in [0.5, 0.6) is 11.8 Å². The average Bonchev–Trinajstić information content (AvgIpc) is 3.28. The number of aromatic nitrogens is 2. The summed E-state index contributed by atoms with van der Waals surface area (Å²) in [7, 11) is 0. The molecule has 35 heavy (non-hydrogen) atoms. The molecule has 2 amide bonds. The molecule has 1 aromatic heterocycles. The summed E-state index contributed by atoms with van der Waals surface area (Å²) in [5.41, 5.74) is 1.15. The van der Waals surface area contributed by atoms with Crippen molar-refractivity contribution in [3.05, 3.63) is 78.6 Å².